The number of nitrogens with one attached hydrogen (secondary N) is 2. The van der Waals surface area contributed by atoms with Gasteiger partial charge in [-0.2, -0.15) is 0 Å². The number of pyridine rings is 1. The predicted octanol–water partition coefficient (Wildman–Crippen LogP) is 1.95. The van der Waals surface area contributed by atoms with Crippen LogP contribution in [0.15, 0.2) is 18.3 Å². The van der Waals surface area contributed by atoms with Crippen molar-refractivity contribution in [2.24, 2.45) is 11.3 Å². The zero-order chi connectivity index (χ0) is 14.4. The number of rotatable bonds is 3. The normalized spacial score (nSPS) is 36.5. The molecule has 2 atom stereocenters. The van der Waals surface area contributed by atoms with Gasteiger partial charge in [-0.15, -0.1) is 0 Å². The van der Waals surface area contributed by atoms with E-state index in [9.17, 15) is 4.79 Å². The molecule has 1 aromatic heterocycles. The second-order valence-electron chi connectivity index (χ2n) is 6.83. The Morgan fingerprint density at radius 1 is 1.33 bits per heavy atom. The van der Waals surface area contributed by atoms with E-state index in [1.807, 2.05) is 6.07 Å². The Bertz CT molecular complexity index is 520. The van der Waals surface area contributed by atoms with Crippen LogP contribution in [-0.4, -0.2) is 30.1 Å². The summed E-state index contributed by atoms with van der Waals surface area (Å²) >= 11 is 0. The van der Waals surface area contributed by atoms with Crippen LogP contribution in [0.5, 0.6) is 5.88 Å². The van der Waals surface area contributed by atoms with Gasteiger partial charge in [0.15, 0.2) is 0 Å². The van der Waals surface area contributed by atoms with Gasteiger partial charge in [0, 0.05) is 18.2 Å². The van der Waals surface area contributed by atoms with Crippen molar-refractivity contribution in [1.29, 1.82) is 0 Å². The number of piperidine rings is 2. The minimum atomic E-state index is -0.165. The fraction of sp³-hybridized carbons (Fsp3) is 0.625. The zero-order valence-corrected chi connectivity index (χ0v) is 12.3. The first-order valence-electron chi connectivity index (χ1n) is 7.74. The highest BCUT2D eigenvalue weighted by molar-refractivity contribution is 5.95. The quantitative estimate of drug-likeness (QED) is 0.892. The summed E-state index contributed by atoms with van der Waals surface area (Å²) in [6, 6.07) is 4.70. The molecule has 112 valence electrons. The van der Waals surface area contributed by atoms with E-state index in [0.717, 1.165) is 30.9 Å². The predicted molar refractivity (Wildman–Crippen MR) is 79.1 cm³/mol. The largest absolute Gasteiger partial charge is 0.481 e. The summed E-state index contributed by atoms with van der Waals surface area (Å²) in [7, 11) is 1.59. The van der Waals surface area contributed by atoms with Crippen molar-refractivity contribution < 1.29 is 9.53 Å². The minimum absolute atomic E-state index is 0.165. The van der Waals surface area contributed by atoms with Crippen LogP contribution in [0.3, 0.4) is 0 Å². The summed E-state index contributed by atoms with van der Waals surface area (Å²) < 4.78 is 5.04. The van der Waals surface area contributed by atoms with Crippen LogP contribution >= 0.6 is 0 Å². The number of amides is 1. The van der Waals surface area contributed by atoms with Crippen LogP contribution in [0.2, 0.25) is 0 Å². The van der Waals surface area contributed by atoms with Crippen LogP contribution in [0.1, 0.15) is 32.1 Å². The minimum Gasteiger partial charge on any atom is -0.481 e. The number of carbonyl (C=O) groups excluding carboxylic acids is 1. The average molecular weight is 287 g/mol. The molecule has 4 fully saturated rings. The molecule has 4 bridgehead atoms. The Labute approximate surface area is 124 Å². The van der Waals surface area contributed by atoms with Gasteiger partial charge in [-0.05, 0) is 44.1 Å². The molecular formula is C16H21N3O2. The SMILES string of the molecule is COc1ccc(NC(=O)C23CC4CC(C2)NC(C4)C3)cn1. The Hall–Kier alpha value is -1.62. The second kappa shape index (κ2) is 4.70. The molecule has 5 rings (SSSR count). The molecule has 5 heteroatoms. The molecule has 21 heavy (non-hydrogen) atoms. The Balaban J connectivity index is 1.51. The number of nitrogens with zero attached hydrogens (tertiary/aromatic N) is 1. The lowest BCUT2D eigenvalue weighted by Crippen LogP contribution is -2.62. The van der Waals surface area contributed by atoms with Gasteiger partial charge >= 0.3 is 0 Å². The Kier molecular flexibility index (Phi) is 2.92. The highest BCUT2D eigenvalue weighted by Crippen LogP contribution is 2.53. The number of hydrogen-bond acceptors (Lipinski definition) is 4. The van der Waals surface area contributed by atoms with Gasteiger partial charge in [-0.25, -0.2) is 4.98 Å². The fourth-order valence-electron chi connectivity index (χ4n) is 4.68. The number of aromatic nitrogens is 1. The van der Waals surface area contributed by atoms with Crippen molar-refractivity contribution in [3.8, 4) is 5.88 Å². The number of carbonyl (C=O) groups is 1. The maximum absolute atomic E-state index is 12.8. The van der Waals surface area contributed by atoms with Crippen molar-refractivity contribution in [2.45, 2.75) is 44.2 Å². The van der Waals surface area contributed by atoms with Crippen molar-refractivity contribution in [3.63, 3.8) is 0 Å². The molecule has 2 saturated carbocycles. The number of hydrogen-bond donors (Lipinski definition) is 2. The summed E-state index contributed by atoms with van der Waals surface area (Å²) in [5.74, 6) is 1.46. The molecule has 0 radical (unpaired) electrons. The van der Waals surface area contributed by atoms with Crippen LogP contribution in [-0.2, 0) is 4.79 Å². The molecule has 2 N–H and O–H groups in total. The van der Waals surface area contributed by atoms with E-state index >= 15 is 0 Å². The van der Waals surface area contributed by atoms with Crippen LogP contribution in [0, 0.1) is 11.3 Å². The summed E-state index contributed by atoms with van der Waals surface area (Å²) in [4.78, 5) is 17.0. The molecule has 5 nitrogen and oxygen atoms in total. The lowest BCUT2D eigenvalue weighted by Gasteiger charge is -2.56. The number of ether oxygens (including phenoxy) is 1. The molecule has 2 unspecified atom stereocenters. The second-order valence-corrected chi connectivity index (χ2v) is 6.83. The molecule has 0 spiro atoms. The van der Waals surface area contributed by atoms with Gasteiger partial charge in [0.05, 0.1) is 24.4 Å². The summed E-state index contributed by atoms with van der Waals surface area (Å²) in [6.45, 7) is 0. The summed E-state index contributed by atoms with van der Waals surface area (Å²) in [6.07, 6.45) is 7.17. The lowest BCUT2D eigenvalue weighted by molar-refractivity contribution is -0.136. The van der Waals surface area contributed by atoms with E-state index in [4.69, 9.17) is 4.74 Å². The number of methoxy groups -OCH3 is 1. The topological polar surface area (TPSA) is 63.2 Å². The van der Waals surface area contributed by atoms with E-state index in [1.54, 1.807) is 19.4 Å². The molecule has 0 aromatic carbocycles. The maximum atomic E-state index is 12.8. The zero-order valence-electron chi connectivity index (χ0n) is 12.3. The highest BCUT2D eigenvalue weighted by Gasteiger charge is 2.54. The monoisotopic (exact) mass is 287 g/mol. The third kappa shape index (κ3) is 2.20. The summed E-state index contributed by atoms with van der Waals surface area (Å²) in [5.41, 5.74) is 0.589. The van der Waals surface area contributed by atoms with Gasteiger partial charge in [-0.1, -0.05) is 0 Å². The number of anilines is 1. The third-order valence-corrected chi connectivity index (χ3v) is 5.35. The first kappa shape index (κ1) is 13.1. The van der Waals surface area contributed by atoms with Crippen molar-refractivity contribution in [2.75, 3.05) is 12.4 Å². The van der Waals surface area contributed by atoms with E-state index in [0.29, 0.717) is 18.0 Å². The molecule has 2 aliphatic carbocycles. The molecular weight excluding hydrogens is 266 g/mol. The van der Waals surface area contributed by atoms with Crippen LogP contribution < -0.4 is 15.4 Å². The molecule has 3 heterocycles. The van der Waals surface area contributed by atoms with E-state index in [-0.39, 0.29) is 11.3 Å². The van der Waals surface area contributed by atoms with Crippen molar-refractivity contribution in [3.05, 3.63) is 18.3 Å². The maximum Gasteiger partial charge on any atom is 0.230 e. The van der Waals surface area contributed by atoms with Gasteiger partial charge in [0.25, 0.3) is 0 Å². The van der Waals surface area contributed by atoms with Crippen molar-refractivity contribution >= 4 is 11.6 Å². The molecule has 1 aromatic rings. The van der Waals surface area contributed by atoms with E-state index in [2.05, 4.69) is 15.6 Å². The van der Waals surface area contributed by atoms with Crippen LogP contribution in [0.4, 0.5) is 5.69 Å². The van der Waals surface area contributed by atoms with E-state index in [1.165, 1.54) is 12.8 Å². The molecule has 2 aliphatic heterocycles. The van der Waals surface area contributed by atoms with Crippen molar-refractivity contribution in [1.82, 2.24) is 10.3 Å². The van der Waals surface area contributed by atoms with Gasteiger partial charge in [0.1, 0.15) is 0 Å². The third-order valence-electron chi connectivity index (χ3n) is 5.35. The van der Waals surface area contributed by atoms with E-state index < -0.39 is 0 Å². The fourth-order valence-corrected chi connectivity index (χ4v) is 4.68. The Morgan fingerprint density at radius 2 is 2.10 bits per heavy atom. The Morgan fingerprint density at radius 3 is 2.67 bits per heavy atom. The first-order valence-corrected chi connectivity index (χ1v) is 7.74. The first-order chi connectivity index (χ1) is 10.2. The van der Waals surface area contributed by atoms with Crippen LogP contribution in [0.25, 0.3) is 0 Å². The smallest absolute Gasteiger partial charge is 0.230 e. The van der Waals surface area contributed by atoms with Gasteiger partial charge in [-0.3, -0.25) is 4.79 Å². The molecule has 4 aliphatic rings. The summed E-state index contributed by atoms with van der Waals surface area (Å²) in [5, 5.41) is 6.73. The molecule has 2 saturated heterocycles. The standard InChI is InChI=1S/C16H21N3O2/c1-21-14-3-2-11(9-17-14)19-15(20)16-6-10-4-12(7-16)18-13(5-10)8-16/h2-3,9-10,12-13,18H,4-8H2,1H3,(H,19,20). The van der Waals surface area contributed by atoms with Gasteiger partial charge < -0.3 is 15.4 Å². The average Bonchev–Trinajstić information content (AvgIpc) is 2.46. The van der Waals surface area contributed by atoms with Gasteiger partial charge in [0.2, 0.25) is 11.8 Å². The highest BCUT2D eigenvalue weighted by atomic mass is 16.5. The molecule has 1 amide bonds. The lowest BCUT2D eigenvalue weighted by atomic mass is 9.56.